The van der Waals surface area contributed by atoms with E-state index in [-0.39, 0.29) is 6.04 Å². The van der Waals surface area contributed by atoms with Crippen LogP contribution in [0, 0.1) is 0 Å². The molecule has 2 aromatic heterocycles. The summed E-state index contributed by atoms with van der Waals surface area (Å²) < 4.78 is 38.8. The number of alkyl halides is 3. The zero-order chi connectivity index (χ0) is 15.2. The van der Waals surface area contributed by atoms with Crippen LogP contribution in [0.15, 0.2) is 23.6 Å². The van der Waals surface area contributed by atoms with E-state index in [9.17, 15) is 13.2 Å². The minimum Gasteiger partial charge on any atom is -0.322 e. The number of aromatic nitrogens is 2. The van der Waals surface area contributed by atoms with Gasteiger partial charge in [0.15, 0.2) is 0 Å². The van der Waals surface area contributed by atoms with E-state index >= 15 is 0 Å². The maximum atomic E-state index is 12.7. The topological polar surface area (TPSA) is 51.8 Å². The second kappa shape index (κ2) is 5.04. The molecule has 0 aliphatic rings. The van der Waals surface area contributed by atoms with Gasteiger partial charge in [-0.25, -0.2) is 9.97 Å². The van der Waals surface area contributed by atoms with Crippen LogP contribution < -0.4 is 5.73 Å². The van der Waals surface area contributed by atoms with Gasteiger partial charge in [0.1, 0.15) is 15.7 Å². The summed E-state index contributed by atoms with van der Waals surface area (Å²) in [6.07, 6.45) is -4.36. The summed E-state index contributed by atoms with van der Waals surface area (Å²) in [7, 11) is 0. The number of rotatable bonds is 2. The average Bonchev–Trinajstić information content (AvgIpc) is 3.03. The summed E-state index contributed by atoms with van der Waals surface area (Å²) in [6, 6.07) is 3.40. The third-order valence-corrected chi connectivity index (χ3v) is 4.95. The Kier molecular flexibility index (Phi) is 3.46. The molecule has 0 saturated carbocycles. The number of benzene rings is 1. The Morgan fingerprint density at radius 2 is 2.00 bits per heavy atom. The Hall–Kier alpha value is -1.51. The number of hydrogen-bond donors (Lipinski definition) is 1. The number of nitrogens with zero attached hydrogens (tertiary/aromatic N) is 2. The van der Waals surface area contributed by atoms with E-state index in [0.29, 0.717) is 20.9 Å². The van der Waals surface area contributed by atoms with Crippen molar-refractivity contribution in [2.45, 2.75) is 19.1 Å². The molecule has 110 valence electrons. The SMILES string of the molecule is CC(N)c1nc(-c2nc3cc(C(F)(F)F)ccc3s2)cs1. The third kappa shape index (κ3) is 2.78. The normalized spacial score (nSPS) is 13.8. The number of thiazole rings is 2. The molecule has 0 saturated heterocycles. The molecule has 0 fully saturated rings. The highest BCUT2D eigenvalue weighted by Gasteiger charge is 2.30. The maximum Gasteiger partial charge on any atom is 0.416 e. The van der Waals surface area contributed by atoms with Crippen molar-refractivity contribution < 1.29 is 13.2 Å². The molecule has 0 aliphatic carbocycles. The Bertz CT molecular complexity index is 789. The van der Waals surface area contributed by atoms with Crippen molar-refractivity contribution in [2.24, 2.45) is 5.73 Å². The lowest BCUT2D eigenvalue weighted by Gasteiger charge is -2.04. The van der Waals surface area contributed by atoms with Crippen molar-refractivity contribution in [3.05, 3.63) is 34.2 Å². The fraction of sp³-hybridized carbons (Fsp3) is 0.231. The molecule has 2 heterocycles. The molecule has 3 nitrogen and oxygen atoms in total. The minimum atomic E-state index is -4.36. The number of nitrogens with two attached hydrogens (primary N) is 1. The number of fused-ring (bicyclic) bond motifs is 1. The molecule has 0 amide bonds. The van der Waals surface area contributed by atoms with E-state index in [1.54, 1.807) is 0 Å². The summed E-state index contributed by atoms with van der Waals surface area (Å²) in [5.41, 5.74) is 6.05. The third-order valence-electron chi connectivity index (χ3n) is 2.85. The molecule has 1 atom stereocenters. The van der Waals surface area contributed by atoms with Crippen molar-refractivity contribution in [3.63, 3.8) is 0 Å². The van der Waals surface area contributed by atoms with Gasteiger partial charge in [0, 0.05) is 5.38 Å². The summed E-state index contributed by atoms with van der Waals surface area (Å²) in [5, 5.41) is 3.20. The van der Waals surface area contributed by atoms with E-state index in [2.05, 4.69) is 9.97 Å². The molecule has 21 heavy (non-hydrogen) atoms. The fourth-order valence-electron chi connectivity index (χ4n) is 1.81. The second-order valence-electron chi connectivity index (χ2n) is 4.56. The lowest BCUT2D eigenvalue weighted by molar-refractivity contribution is -0.137. The maximum absolute atomic E-state index is 12.7. The zero-order valence-corrected chi connectivity index (χ0v) is 12.4. The lowest BCUT2D eigenvalue weighted by Crippen LogP contribution is -2.04. The minimum absolute atomic E-state index is 0.171. The first-order chi connectivity index (χ1) is 9.84. The van der Waals surface area contributed by atoms with E-state index in [1.807, 2.05) is 12.3 Å². The molecule has 0 bridgehead atoms. The summed E-state index contributed by atoms with van der Waals surface area (Å²) >= 11 is 2.74. The summed E-state index contributed by atoms with van der Waals surface area (Å²) in [5.74, 6) is 0. The van der Waals surface area contributed by atoms with Gasteiger partial charge in [0.25, 0.3) is 0 Å². The highest BCUT2D eigenvalue weighted by Crippen LogP contribution is 2.35. The average molecular weight is 329 g/mol. The fourth-order valence-corrected chi connectivity index (χ4v) is 3.55. The van der Waals surface area contributed by atoms with Crippen LogP contribution in [0.2, 0.25) is 0 Å². The Balaban J connectivity index is 2.04. The molecular weight excluding hydrogens is 319 g/mol. The second-order valence-corrected chi connectivity index (χ2v) is 6.48. The van der Waals surface area contributed by atoms with E-state index < -0.39 is 11.7 Å². The van der Waals surface area contributed by atoms with Crippen LogP contribution in [0.25, 0.3) is 20.9 Å². The quantitative estimate of drug-likeness (QED) is 0.755. The van der Waals surface area contributed by atoms with Gasteiger partial charge in [-0.1, -0.05) is 0 Å². The predicted octanol–water partition coefficient (Wildman–Crippen LogP) is 4.46. The Labute approximate surface area is 126 Å². The van der Waals surface area contributed by atoms with Crippen LogP contribution in [0.1, 0.15) is 23.5 Å². The van der Waals surface area contributed by atoms with Gasteiger partial charge in [-0.2, -0.15) is 13.2 Å². The Morgan fingerprint density at radius 1 is 1.24 bits per heavy atom. The van der Waals surface area contributed by atoms with Crippen LogP contribution in [0.4, 0.5) is 13.2 Å². The molecule has 1 aromatic carbocycles. The molecule has 0 aliphatic heterocycles. The standard InChI is InChI=1S/C13H10F3N3S2/c1-6(17)11-19-9(5-20-11)12-18-8-4-7(13(14,15)16)2-3-10(8)21-12/h2-6H,17H2,1H3. The molecule has 8 heteroatoms. The van der Waals surface area contributed by atoms with Crippen molar-refractivity contribution in [1.29, 1.82) is 0 Å². The van der Waals surface area contributed by atoms with E-state index in [4.69, 9.17) is 5.73 Å². The van der Waals surface area contributed by atoms with Gasteiger partial charge in [-0.15, -0.1) is 22.7 Å². The summed E-state index contributed by atoms with van der Waals surface area (Å²) in [6.45, 7) is 1.83. The van der Waals surface area contributed by atoms with Crippen molar-refractivity contribution in [2.75, 3.05) is 0 Å². The first kappa shape index (κ1) is 14.4. The molecular formula is C13H10F3N3S2. The van der Waals surface area contributed by atoms with Crippen molar-refractivity contribution in [3.8, 4) is 10.7 Å². The largest absolute Gasteiger partial charge is 0.416 e. The van der Waals surface area contributed by atoms with Gasteiger partial charge in [-0.3, -0.25) is 0 Å². The van der Waals surface area contributed by atoms with Crippen molar-refractivity contribution >= 4 is 32.9 Å². The van der Waals surface area contributed by atoms with Gasteiger partial charge in [0.05, 0.1) is 21.8 Å². The van der Waals surface area contributed by atoms with Crippen LogP contribution in [-0.2, 0) is 6.18 Å². The zero-order valence-electron chi connectivity index (χ0n) is 10.8. The van der Waals surface area contributed by atoms with Gasteiger partial charge in [0.2, 0.25) is 0 Å². The number of hydrogen-bond acceptors (Lipinski definition) is 5. The van der Waals surface area contributed by atoms with Crippen LogP contribution >= 0.6 is 22.7 Å². The number of halogens is 3. The highest BCUT2D eigenvalue weighted by molar-refractivity contribution is 7.21. The highest BCUT2D eigenvalue weighted by atomic mass is 32.1. The first-order valence-corrected chi connectivity index (χ1v) is 7.73. The van der Waals surface area contributed by atoms with Crippen molar-refractivity contribution in [1.82, 2.24) is 9.97 Å². The van der Waals surface area contributed by atoms with E-state index in [0.717, 1.165) is 17.1 Å². The molecule has 0 spiro atoms. The molecule has 2 N–H and O–H groups in total. The molecule has 1 unspecified atom stereocenters. The van der Waals surface area contributed by atoms with Crippen LogP contribution in [0.5, 0.6) is 0 Å². The predicted molar refractivity (Wildman–Crippen MR) is 78.3 cm³/mol. The first-order valence-electron chi connectivity index (χ1n) is 6.04. The van der Waals surface area contributed by atoms with Gasteiger partial charge in [-0.05, 0) is 25.1 Å². The summed E-state index contributed by atoms with van der Waals surface area (Å²) in [4.78, 5) is 8.62. The Morgan fingerprint density at radius 3 is 2.62 bits per heavy atom. The smallest absolute Gasteiger partial charge is 0.322 e. The van der Waals surface area contributed by atoms with Crippen LogP contribution in [-0.4, -0.2) is 9.97 Å². The van der Waals surface area contributed by atoms with Gasteiger partial charge >= 0.3 is 6.18 Å². The molecule has 3 rings (SSSR count). The van der Waals surface area contributed by atoms with Crippen LogP contribution in [0.3, 0.4) is 0 Å². The van der Waals surface area contributed by atoms with E-state index in [1.165, 1.54) is 28.7 Å². The van der Waals surface area contributed by atoms with Gasteiger partial charge < -0.3 is 5.73 Å². The molecule has 0 radical (unpaired) electrons. The lowest BCUT2D eigenvalue weighted by atomic mass is 10.2. The molecule has 3 aromatic rings. The monoisotopic (exact) mass is 329 g/mol.